The first kappa shape index (κ1) is 14.7. The smallest absolute Gasteiger partial charge is 0.250 e. The number of thiophene rings is 1. The highest BCUT2D eigenvalue weighted by Gasteiger charge is 2.21. The van der Waals surface area contributed by atoms with Gasteiger partial charge in [-0.05, 0) is 48.0 Å². The van der Waals surface area contributed by atoms with Gasteiger partial charge < -0.3 is 0 Å². The van der Waals surface area contributed by atoms with Crippen molar-refractivity contribution in [2.24, 2.45) is 0 Å². The lowest BCUT2D eigenvalue weighted by Gasteiger charge is -2.14. The number of aryl methyl sites for hydroxylation is 1. The molecule has 0 aliphatic heterocycles. The Hall–Kier alpha value is -0.700. The van der Waals surface area contributed by atoms with Crippen molar-refractivity contribution in [2.75, 3.05) is 0 Å². The summed E-state index contributed by atoms with van der Waals surface area (Å²) in [5, 5.41) is 4.14. The summed E-state index contributed by atoms with van der Waals surface area (Å²) in [6, 6.07) is 4.80. The second-order valence-corrected chi connectivity index (χ2v) is 8.38. The van der Waals surface area contributed by atoms with Crippen LogP contribution in [0, 0.1) is 0 Å². The molecule has 5 nitrogen and oxygen atoms in total. The first-order valence-electron chi connectivity index (χ1n) is 5.73. The molecule has 8 heteroatoms. The Kier molecular flexibility index (Phi) is 4.44. The number of hydrogen-bond acceptors (Lipinski definition) is 4. The van der Waals surface area contributed by atoms with E-state index in [1.54, 1.807) is 23.0 Å². The molecule has 0 radical (unpaired) electrons. The topological polar surface area (TPSA) is 64.0 Å². The summed E-state index contributed by atoms with van der Waals surface area (Å²) in [6.45, 7) is 4.48. The van der Waals surface area contributed by atoms with Crippen LogP contribution in [0.4, 0.5) is 0 Å². The zero-order valence-corrected chi connectivity index (χ0v) is 13.7. The van der Waals surface area contributed by atoms with E-state index in [0.29, 0.717) is 10.8 Å². The fourth-order valence-electron chi connectivity index (χ4n) is 1.77. The molecule has 0 saturated carbocycles. The molecule has 0 amide bonds. The van der Waals surface area contributed by atoms with Gasteiger partial charge in [-0.25, -0.2) is 13.1 Å². The highest BCUT2D eigenvalue weighted by atomic mass is 79.9. The van der Waals surface area contributed by atoms with Crippen molar-refractivity contribution in [1.29, 1.82) is 0 Å². The van der Waals surface area contributed by atoms with E-state index in [0.717, 1.165) is 9.48 Å². The van der Waals surface area contributed by atoms with Crippen LogP contribution in [0.25, 0.3) is 0 Å². The van der Waals surface area contributed by atoms with E-state index in [1.165, 1.54) is 11.3 Å². The molecule has 1 atom stereocenters. The van der Waals surface area contributed by atoms with Crippen LogP contribution in [0.15, 0.2) is 32.4 Å². The van der Waals surface area contributed by atoms with Gasteiger partial charge in [-0.2, -0.15) is 5.10 Å². The zero-order chi connectivity index (χ0) is 14.0. The summed E-state index contributed by atoms with van der Waals surface area (Å²) in [5.41, 5.74) is 0.849. The summed E-state index contributed by atoms with van der Waals surface area (Å²) in [6.07, 6.45) is 1.67. The molecule has 0 spiro atoms. The molecule has 0 aromatic carbocycles. The largest absolute Gasteiger partial charge is 0.268 e. The van der Waals surface area contributed by atoms with Crippen LogP contribution in [0.3, 0.4) is 0 Å². The fourth-order valence-corrected chi connectivity index (χ4v) is 5.01. The van der Waals surface area contributed by atoms with Gasteiger partial charge in [-0.1, -0.05) is 0 Å². The number of sulfonamides is 1. The van der Waals surface area contributed by atoms with Gasteiger partial charge in [-0.15, -0.1) is 11.3 Å². The number of nitrogens with zero attached hydrogens (tertiary/aromatic N) is 2. The molecule has 1 N–H and O–H groups in total. The zero-order valence-electron chi connectivity index (χ0n) is 10.5. The number of halogens is 1. The van der Waals surface area contributed by atoms with Crippen LogP contribution in [-0.2, 0) is 16.6 Å². The molecular formula is C11H14BrN3O2S2. The molecule has 2 rings (SSSR count). The third-order valence-corrected chi connectivity index (χ3v) is 6.29. The number of nitrogens with one attached hydrogen (secondary N) is 1. The first-order valence-corrected chi connectivity index (χ1v) is 8.82. The molecular weight excluding hydrogens is 350 g/mol. The second-order valence-electron chi connectivity index (χ2n) is 3.97. The Morgan fingerprint density at radius 2 is 2.21 bits per heavy atom. The normalized spacial score (nSPS) is 13.6. The quantitative estimate of drug-likeness (QED) is 0.887. The van der Waals surface area contributed by atoms with Crippen molar-refractivity contribution in [1.82, 2.24) is 14.5 Å². The Morgan fingerprint density at radius 3 is 2.79 bits per heavy atom. The highest BCUT2D eigenvalue weighted by molar-refractivity contribution is 9.11. The van der Waals surface area contributed by atoms with Gasteiger partial charge in [0.15, 0.2) is 0 Å². The molecule has 2 aromatic heterocycles. The Labute approximate surface area is 124 Å². The minimum Gasteiger partial charge on any atom is -0.268 e. The molecule has 0 aliphatic rings. The lowest BCUT2D eigenvalue weighted by atomic mass is 10.2. The Balaban J connectivity index is 2.21. The molecule has 0 fully saturated rings. The Bertz CT molecular complexity index is 663. The van der Waals surface area contributed by atoms with Crippen molar-refractivity contribution in [3.05, 3.63) is 33.9 Å². The molecule has 2 aromatic rings. The summed E-state index contributed by atoms with van der Waals surface area (Å²) in [7, 11) is -3.49. The average Bonchev–Trinajstić information content (AvgIpc) is 2.96. The lowest BCUT2D eigenvalue weighted by molar-refractivity contribution is 0.540. The summed E-state index contributed by atoms with van der Waals surface area (Å²) < 4.78 is 29.9. The van der Waals surface area contributed by atoms with Gasteiger partial charge in [0.1, 0.15) is 4.21 Å². The third-order valence-electron chi connectivity index (χ3n) is 2.64. The molecule has 0 aliphatic carbocycles. The highest BCUT2D eigenvalue weighted by Crippen LogP contribution is 2.27. The van der Waals surface area contributed by atoms with Crippen molar-refractivity contribution >= 4 is 37.3 Å². The maximum Gasteiger partial charge on any atom is 0.250 e. The van der Waals surface area contributed by atoms with E-state index in [2.05, 4.69) is 25.8 Å². The van der Waals surface area contributed by atoms with Gasteiger partial charge in [0.25, 0.3) is 10.0 Å². The van der Waals surface area contributed by atoms with Crippen molar-refractivity contribution in [2.45, 2.75) is 30.6 Å². The third kappa shape index (κ3) is 3.25. The standard InChI is InChI=1S/C11H14BrN3O2S2/c1-3-15-9(6-7-13-15)8(2)14-19(16,17)11-5-4-10(12)18-11/h4-8,14H,3H2,1-2H3/t8-/m1/s1. The maximum atomic E-state index is 12.2. The van der Waals surface area contributed by atoms with E-state index in [-0.39, 0.29) is 6.04 Å². The van der Waals surface area contributed by atoms with E-state index >= 15 is 0 Å². The summed E-state index contributed by atoms with van der Waals surface area (Å²) in [4.78, 5) is 0. The van der Waals surface area contributed by atoms with E-state index < -0.39 is 10.0 Å². The monoisotopic (exact) mass is 363 g/mol. The summed E-state index contributed by atoms with van der Waals surface area (Å²) >= 11 is 4.45. The van der Waals surface area contributed by atoms with Gasteiger partial charge in [0.2, 0.25) is 0 Å². The molecule has 0 unspecified atom stereocenters. The molecule has 0 saturated heterocycles. The van der Waals surface area contributed by atoms with Gasteiger partial charge in [0.05, 0.1) is 15.5 Å². The van der Waals surface area contributed by atoms with Crippen LogP contribution in [0.1, 0.15) is 25.6 Å². The number of aromatic nitrogens is 2. The van der Waals surface area contributed by atoms with Crippen molar-refractivity contribution < 1.29 is 8.42 Å². The molecule has 104 valence electrons. The van der Waals surface area contributed by atoms with Crippen LogP contribution in [-0.4, -0.2) is 18.2 Å². The SMILES string of the molecule is CCn1nccc1[C@@H](C)NS(=O)(=O)c1ccc(Br)s1. The minimum absolute atomic E-state index is 0.300. The van der Waals surface area contributed by atoms with E-state index in [1.807, 2.05) is 19.9 Å². The van der Waals surface area contributed by atoms with Crippen LogP contribution < -0.4 is 4.72 Å². The van der Waals surface area contributed by atoms with Gasteiger partial charge in [-0.3, -0.25) is 4.68 Å². The maximum absolute atomic E-state index is 12.2. The predicted molar refractivity (Wildman–Crippen MR) is 78.7 cm³/mol. The summed E-state index contributed by atoms with van der Waals surface area (Å²) in [5.74, 6) is 0. The first-order chi connectivity index (χ1) is 8.94. The van der Waals surface area contributed by atoms with E-state index in [4.69, 9.17) is 0 Å². The average molecular weight is 364 g/mol. The molecule has 0 bridgehead atoms. The number of hydrogen-bond donors (Lipinski definition) is 1. The number of rotatable bonds is 5. The Morgan fingerprint density at radius 1 is 1.47 bits per heavy atom. The molecule has 19 heavy (non-hydrogen) atoms. The van der Waals surface area contributed by atoms with Crippen molar-refractivity contribution in [3.8, 4) is 0 Å². The minimum atomic E-state index is -3.49. The molecule has 2 heterocycles. The van der Waals surface area contributed by atoms with Gasteiger partial charge in [0, 0.05) is 12.7 Å². The van der Waals surface area contributed by atoms with Gasteiger partial charge >= 0.3 is 0 Å². The lowest BCUT2D eigenvalue weighted by Crippen LogP contribution is -2.27. The van der Waals surface area contributed by atoms with Crippen LogP contribution in [0.5, 0.6) is 0 Å². The van der Waals surface area contributed by atoms with E-state index in [9.17, 15) is 8.42 Å². The van der Waals surface area contributed by atoms with Crippen LogP contribution in [0.2, 0.25) is 0 Å². The fraction of sp³-hybridized carbons (Fsp3) is 0.364. The predicted octanol–water partition coefficient (Wildman–Crippen LogP) is 2.77. The second kappa shape index (κ2) is 5.74. The van der Waals surface area contributed by atoms with Crippen molar-refractivity contribution in [3.63, 3.8) is 0 Å². The van der Waals surface area contributed by atoms with Crippen LogP contribution >= 0.6 is 27.3 Å².